The fourth-order valence-electron chi connectivity index (χ4n) is 3.55. The maximum Gasteiger partial charge on any atom is 0.165 e. The molecule has 0 aliphatic carbocycles. The molecule has 1 heterocycles. The number of ether oxygens (including phenoxy) is 2. The highest BCUT2D eigenvalue weighted by molar-refractivity contribution is 7.80. The Balaban J connectivity index is 2.00. The molecule has 26 heavy (non-hydrogen) atoms. The van der Waals surface area contributed by atoms with Crippen molar-refractivity contribution in [2.24, 2.45) is 0 Å². The molecule has 1 unspecified atom stereocenters. The Morgan fingerprint density at radius 3 is 1.88 bits per heavy atom. The Morgan fingerprint density at radius 1 is 1.00 bits per heavy atom. The number of hydrogen-bond donors (Lipinski definition) is 0. The molecule has 2 aromatic carbocycles. The molecule has 4 nitrogen and oxygen atoms in total. The molecule has 0 amide bonds. The molecule has 1 atom stereocenters. The van der Waals surface area contributed by atoms with Crippen LogP contribution in [-0.2, 0) is 18.8 Å². The third kappa shape index (κ3) is 3.83. The van der Waals surface area contributed by atoms with Crippen LogP contribution in [0.5, 0.6) is 0 Å². The van der Waals surface area contributed by atoms with Gasteiger partial charge in [0.15, 0.2) is 12.9 Å². The van der Waals surface area contributed by atoms with Crippen molar-refractivity contribution in [2.45, 2.75) is 38.1 Å². The molecular weight excluding hydrogens is 347 g/mol. The number of ketones is 1. The van der Waals surface area contributed by atoms with Gasteiger partial charge in [0, 0.05) is 17.0 Å². The Hall–Kier alpha value is -1.74. The van der Waals surface area contributed by atoms with Crippen LogP contribution in [0.2, 0.25) is 0 Å². The molecule has 1 aliphatic rings. The molecule has 138 valence electrons. The van der Waals surface area contributed by atoms with E-state index in [0.717, 1.165) is 0 Å². The average molecular weight is 372 g/mol. The second-order valence-corrected chi connectivity index (χ2v) is 9.80. The van der Waals surface area contributed by atoms with Crippen LogP contribution in [0.3, 0.4) is 0 Å². The number of carbonyl (C=O) groups is 1. The predicted octanol–water partition coefficient (Wildman–Crippen LogP) is 3.50. The molecule has 5 heteroatoms. The normalized spacial score (nSPS) is 17.8. The zero-order valence-electron chi connectivity index (χ0n) is 15.3. The molecule has 3 rings (SSSR count). The van der Waals surface area contributed by atoms with Gasteiger partial charge in [0.2, 0.25) is 0 Å². The van der Waals surface area contributed by atoms with Gasteiger partial charge < -0.3 is 14.0 Å². The van der Waals surface area contributed by atoms with Gasteiger partial charge in [-0.3, -0.25) is 4.79 Å². The summed E-state index contributed by atoms with van der Waals surface area (Å²) in [4.78, 5) is 12.6. The van der Waals surface area contributed by atoms with Gasteiger partial charge in [-0.15, -0.1) is 0 Å². The lowest BCUT2D eigenvalue weighted by Crippen LogP contribution is -2.34. The summed E-state index contributed by atoms with van der Waals surface area (Å²) in [6.07, 6.45) is 0.980. The van der Waals surface area contributed by atoms with Gasteiger partial charge in [-0.05, 0) is 20.3 Å². The standard InChI is InChI=1S/C21H25O4P/c1-17(22)20(13-14-21(2)24-15-16-25-21)26(23,18-9-5-3-6-10-18)19-11-7-4-8-12-19/h3-12,20H,13-16H2,1-2H3. The lowest BCUT2D eigenvalue weighted by Gasteiger charge is -2.30. The zero-order chi connectivity index (χ0) is 18.6. The highest BCUT2D eigenvalue weighted by Crippen LogP contribution is 2.51. The largest absolute Gasteiger partial charge is 0.348 e. The summed E-state index contributed by atoms with van der Waals surface area (Å²) in [5.41, 5.74) is -0.600. The first-order chi connectivity index (χ1) is 12.5. The zero-order valence-corrected chi connectivity index (χ0v) is 16.2. The van der Waals surface area contributed by atoms with Crippen molar-refractivity contribution in [3.8, 4) is 0 Å². The van der Waals surface area contributed by atoms with E-state index in [1.54, 1.807) is 0 Å². The molecule has 0 aromatic heterocycles. The minimum atomic E-state index is -3.14. The minimum absolute atomic E-state index is 0.0670. The van der Waals surface area contributed by atoms with Crippen molar-refractivity contribution in [2.75, 3.05) is 13.2 Å². The van der Waals surface area contributed by atoms with E-state index < -0.39 is 18.6 Å². The molecule has 0 spiro atoms. The second kappa shape index (κ2) is 7.87. The molecular formula is C21H25O4P. The lowest BCUT2D eigenvalue weighted by molar-refractivity contribution is -0.147. The highest BCUT2D eigenvalue weighted by atomic mass is 31.2. The molecule has 0 radical (unpaired) electrons. The monoisotopic (exact) mass is 372 g/mol. The maximum atomic E-state index is 14.4. The summed E-state index contributed by atoms with van der Waals surface area (Å²) < 4.78 is 25.7. The van der Waals surface area contributed by atoms with Gasteiger partial charge in [0.05, 0.1) is 18.9 Å². The SMILES string of the molecule is CC(=O)C(CCC1(C)OCCO1)P(=O)(c1ccccc1)c1ccccc1. The fraction of sp³-hybridized carbons (Fsp3) is 0.381. The Morgan fingerprint density at radius 2 is 1.46 bits per heavy atom. The number of hydrogen-bond acceptors (Lipinski definition) is 4. The Kier molecular flexibility index (Phi) is 5.76. The van der Waals surface area contributed by atoms with Gasteiger partial charge in [-0.25, -0.2) is 0 Å². The van der Waals surface area contributed by atoms with Gasteiger partial charge in [-0.2, -0.15) is 0 Å². The second-order valence-electron chi connectivity index (χ2n) is 6.82. The minimum Gasteiger partial charge on any atom is -0.348 e. The number of benzene rings is 2. The van der Waals surface area contributed by atoms with Gasteiger partial charge in [0.1, 0.15) is 5.78 Å². The number of carbonyl (C=O) groups excluding carboxylic acids is 1. The first-order valence-electron chi connectivity index (χ1n) is 8.95. The number of rotatable bonds is 7. The average Bonchev–Trinajstić information content (AvgIpc) is 3.09. The van der Waals surface area contributed by atoms with Crippen molar-refractivity contribution < 1.29 is 18.8 Å². The summed E-state index contributed by atoms with van der Waals surface area (Å²) in [6.45, 7) is 4.52. The summed E-state index contributed by atoms with van der Waals surface area (Å²) in [7, 11) is -3.14. The van der Waals surface area contributed by atoms with Gasteiger partial charge in [-0.1, -0.05) is 60.7 Å². The highest BCUT2D eigenvalue weighted by Gasteiger charge is 2.41. The fourth-order valence-corrected chi connectivity index (χ4v) is 6.80. The van der Waals surface area contributed by atoms with E-state index in [0.29, 0.717) is 36.7 Å². The van der Waals surface area contributed by atoms with Crippen LogP contribution in [0.15, 0.2) is 60.7 Å². The summed E-state index contributed by atoms with van der Waals surface area (Å²) in [5.74, 6) is -0.769. The molecule has 1 saturated heterocycles. The lowest BCUT2D eigenvalue weighted by atomic mass is 10.1. The van der Waals surface area contributed by atoms with Crippen molar-refractivity contribution in [3.05, 3.63) is 60.7 Å². The van der Waals surface area contributed by atoms with E-state index in [-0.39, 0.29) is 5.78 Å². The molecule has 1 aliphatic heterocycles. The third-order valence-electron chi connectivity index (χ3n) is 4.96. The summed E-state index contributed by atoms with van der Waals surface area (Å²) >= 11 is 0. The Labute approximate surface area is 154 Å². The van der Waals surface area contributed by atoms with Gasteiger partial charge in [0.25, 0.3) is 0 Å². The van der Waals surface area contributed by atoms with Crippen LogP contribution >= 0.6 is 7.14 Å². The third-order valence-corrected chi connectivity index (χ3v) is 8.59. The molecule has 0 bridgehead atoms. The van der Waals surface area contributed by atoms with E-state index in [2.05, 4.69) is 0 Å². The van der Waals surface area contributed by atoms with Crippen LogP contribution in [0.25, 0.3) is 0 Å². The number of Topliss-reactive ketones (excluding diaryl/α,β-unsaturated/α-hetero) is 1. The predicted molar refractivity (Wildman–Crippen MR) is 104 cm³/mol. The van der Waals surface area contributed by atoms with Crippen molar-refractivity contribution in [1.82, 2.24) is 0 Å². The maximum absolute atomic E-state index is 14.4. The van der Waals surface area contributed by atoms with Crippen LogP contribution in [0.1, 0.15) is 26.7 Å². The van der Waals surface area contributed by atoms with E-state index >= 15 is 0 Å². The van der Waals surface area contributed by atoms with Crippen LogP contribution in [0, 0.1) is 0 Å². The molecule has 2 aromatic rings. The van der Waals surface area contributed by atoms with Crippen LogP contribution in [-0.4, -0.2) is 30.4 Å². The van der Waals surface area contributed by atoms with Crippen molar-refractivity contribution in [1.29, 1.82) is 0 Å². The smallest absolute Gasteiger partial charge is 0.165 e. The van der Waals surface area contributed by atoms with Crippen LogP contribution < -0.4 is 10.6 Å². The van der Waals surface area contributed by atoms with E-state index in [4.69, 9.17) is 9.47 Å². The quantitative estimate of drug-likeness (QED) is 0.698. The van der Waals surface area contributed by atoms with E-state index in [1.807, 2.05) is 67.6 Å². The van der Waals surface area contributed by atoms with E-state index in [9.17, 15) is 9.36 Å². The molecule has 0 saturated carbocycles. The van der Waals surface area contributed by atoms with Crippen LogP contribution in [0.4, 0.5) is 0 Å². The van der Waals surface area contributed by atoms with Crippen molar-refractivity contribution in [3.63, 3.8) is 0 Å². The van der Waals surface area contributed by atoms with Crippen molar-refractivity contribution >= 4 is 23.5 Å². The molecule has 0 N–H and O–H groups in total. The first kappa shape index (κ1) is 19.0. The summed E-state index contributed by atoms with van der Waals surface area (Å²) in [5, 5.41) is 1.43. The molecule has 1 fully saturated rings. The van der Waals surface area contributed by atoms with E-state index in [1.165, 1.54) is 6.92 Å². The Bertz CT molecular complexity index is 739. The van der Waals surface area contributed by atoms with Gasteiger partial charge >= 0.3 is 0 Å². The first-order valence-corrected chi connectivity index (χ1v) is 10.7. The topological polar surface area (TPSA) is 52.6 Å². The summed E-state index contributed by atoms with van der Waals surface area (Å²) in [6, 6.07) is 18.7.